The Kier molecular flexibility index (Phi) is 4.23. The van der Waals surface area contributed by atoms with Gasteiger partial charge >= 0.3 is 0 Å². The Bertz CT molecular complexity index is 1000. The number of hydrogen-bond donors (Lipinski definition) is 2. The van der Waals surface area contributed by atoms with E-state index in [0.717, 1.165) is 45.6 Å². The molecule has 0 radical (unpaired) electrons. The molecule has 1 aromatic carbocycles. The number of aryl methyl sites for hydroxylation is 1. The number of H-pyrrole nitrogens is 1. The molecular weight excluding hydrogens is 322 g/mol. The van der Waals surface area contributed by atoms with Crippen molar-refractivity contribution in [1.82, 2.24) is 9.97 Å². The fraction of sp³-hybridized carbons (Fsp3) is 0.0909. The Balaban J connectivity index is 1.50. The molecule has 26 heavy (non-hydrogen) atoms. The summed E-state index contributed by atoms with van der Waals surface area (Å²) in [5.41, 5.74) is 6.94. The third-order valence-corrected chi connectivity index (χ3v) is 4.56. The highest BCUT2D eigenvalue weighted by atomic mass is 16.1. The van der Waals surface area contributed by atoms with Crippen LogP contribution in [-0.2, 0) is 6.42 Å². The van der Waals surface area contributed by atoms with Crippen LogP contribution in [0.2, 0.25) is 0 Å². The topological polar surface area (TPSA) is 57.8 Å². The number of rotatable bonds is 5. The summed E-state index contributed by atoms with van der Waals surface area (Å²) in [7, 11) is 0. The maximum Gasteiger partial charge on any atom is 0.163 e. The summed E-state index contributed by atoms with van der Waals surface area (Å²) in [6.07, 6.45) is 12.9. The van der Waals surface area contributed by atoms with Crippen LogP contribution in [0.3, 0.4) is 0 Å². The molecule has 0 saturated heterocycles. The van der Waals surface area contributed by atoms with Crippen molar-refractivity contribution < 1.29 is 4.79 Å². The SMILES string of the molecule is C=C(/C=C/c1cnccc1-c1cc[nH]c1)Nc1ccc2c(c1)CCC2=O. The van der Waals surface area contributed by atoms with Crippen molar-refractivity contribution in [3.63, 3.8) is 0 Å². The van der Waals surface area contributed by atoms with Crippen LogP contribution >= 0.6 is 0 Å². The van der Waals surface area contributed by atoms with Crippen LogP contribution in [0.4, 0.5) is 5.69 Å². The number of Topliss-reactive ketones (excluding diaryl/α,β-unsaturated/α-hetero) is 1. The van der Waals surface area contributed by atoms with Crippen molar-refractivity contribution in [2.45, 2.75) is 12.8 Å². The van der Waals surface area contributed by atoms with Gasteiger partial charge in [0.15, 0.2) is 5.78 Å². The van der Waals surface area contributed by atoms with Gasteiger partial charge in [0.2, 0.25) is 0 Å². The lowest BCUT2D eigenvalue weighted by Crippen LogP contribution is -1.97. The van der Waals surface area contributed by atoms with Crippen molar-refractivity contribution in [3.8, 4) is 11.1 Å². The van der Waals surface area contributed by atoms with Crippen LogP contribution in [0, 0.1) is 0 Å². The number of hydrogen-bond acceptors (Lipinski definition) is 3. The number of nitrogens with one attached hydrogen (secondary N) is 2. The average molecular weight is 341 g/mol. The third kappa shape index (κ3) is 3.22. The fourth-order valence-corrected chi connectivity index (χ4v) is 3.24. The normalized spacial score (nSPS) is 13.2. The first-order valence-corrected chi connectivity index (χ1v) is 8.58. The minimum absolute atomic E-state index is 0.235. The molecular formula is C22H19N3O. The van der Waals surface area contributed by atoms with E-state index in [4.69, 9.17) is 0 Å². The molecule has 0 fully saturated rings. The van der Waals surface area contributed by atoms with Gasteiger partial charge < -0.3 is 10.3 Å². The first-order chi connectivity index (χ1) is 12.7. The van der Waals surface area contributed by atoms with Crippen LogP contribution in [-0.4, -0.2) is 15.8 Å². The van der Waals surface area contributed by atoms with Crippen LogP contribution in [0.15, 0.2) is 73.5 Å². The van der Waals surface area contributed by atoms with Crippen LogP contribution in [0.25, 0.3) is 17.2 Å². The third-order valence-electron chi connectivity index (χ3n) is 4.56. The molecule has 128 valence electrons. The summed E-state index contributed by atoms with van der Waals surface area (Å²) in [5, 5.41) is 3.29. The van der Waals surface area contributed by atoms with Gasteiger partial charge in [-0.15, -0.1) is 0 Å². The molecule has 0 bridgehead atoms. The number of carbonyl (C=O) groups is 1. The Morgan fingerprint density at radius 1 is 1.19 bits per heavy atom. The molecule has 0 amide bonds. The second-order valence-corrected chi connectivity index (χ2v) is 6.34. The van der Waals surface area contributed by atoms with E-state index in [-0.39, 0.29) is 5.78 Å². The lowest BCUT2D eigenvalue weighted by molar-refractivity contribution is 0.0994. The number of carbonyl (C=O) groups excluding carboxylic acids is 1. The van der Waals surface area contributed by atoms with E-state index >= 15 is 0 Å². The summed E-state index contributed by atoms with van der Waals surface area (Å²) in [6, 6.07) is 9.89. The highest BCUT2D eigenvalue weighted by Crippen LogP contribution is 2.26. The summed E-state index contributed by atoms with van der Waals surface area (Å²) >= 11 is 0. The standard InChI is InChI=1S/C22H19N3O/c1-15(25-19-5-6-21-16(12-19)4-7-22(21)26)2-3-17-13-24-11-9-20(17)18-8-10-23-14-18/h2-3,5-6,8-14,23,25H,1,4,7H2/b3-2+. The van der Waals surface area contributed by atoms with Gasteiger partial charge in [-0.2, -0.15) is 0 Å². The van der Waals surface area contributed by atoms with Crippen molar-refractivity contribution in [3.05, 3.63) is 90.2 Å². The molecule has 0 unspecified atom stereocenters. The van der Waals surface area contributed by atoms with Gasteiger partial charge in [0.1, 0.15) is 0 Å². The number of anilines is 1. The average Bonchev–Trinajstić information content (AvgIpc) is 3.31. The molecule has 0 atom stereocenters. The first kappa shape index (κ1) is 16.1. The second-order valence-electron chi connectivity index (χ2n) is 6.34. The maximum absolute atomic E-state index is 11.7. The van der Waals surface area contributed by atoms with Crippen molar-refractivity contribution in [2.24, 2.45) is 0 Å². The van der Waals surface area contributed by atoms with Gasteiger partial charge in [-0.05, 0) is 59.5 Å². The summed E-state index contributed by atoms with van der Waals surface area (Å²) < 4.78 is 0. The molecule has 4 rings (SSSR count). The molecule has 0 saturated carbocycles. The fourth-order valence-electron chi connectivity index (χ4n) is 3.24. The van der Waals surface area contributed by atoms with Gasteiger partial charge in [-0.1, -0.05) is 12.7 Å². The smallest absolute Gasteiger partial charge is 0.163 e. The number of aromatic amines is 1. The number of pyridine rings is 1. The number of ketones is 1. The lowest BCUT2D eigenvalue weighted by Gasteiger charge is -2.08. The number of aromatic nitrogens is 2. The molecule has 4 nitrogen and oxygen atoms in total. The molecule has 1 aliphatic rings. The second kappa shape index (κ2) is 6.84. The van der Waals surface area contributed by atoms with Crippen molar-refractivity contribution in [2.75, 3.05) is 5.32 Å². The molecule has 2 heterocycles. The van der Waals surface area contributed by atoms with Gasteiger partial charge in [-0.25, -0.2) is 0 Å². The van der Waals surface area contributed by atoms with Gasteiger partial charge in [0.25, 0.3) is 0 Å². The predicted octanol–water partition coefficient (Wildman–Crippen LogP) is 4.84. The first-order valence-electron chi connectivity index (χ1n) is 8.58. The highest BCUT2D eigenvalue weighted by Gasteiger charge is 2.19. The molecule has 2 N–H and O–H groups in total. The van der Waals surface area contributed by atoms with E-state index in [2.05, 4.69) is 21.9 Å². The molecule has 4 heteroatoms. The van der Waals surface area contributed by atoms with Crippen LogP contribution in [0.5, 0.6) is 0 Å². The highest BCUT2D eigenvalue weighted by molar-refractivity contribution is 6.00. The van der Waals surface area contributed by atoms with E-state index in [9.17, 15) is 4.79 Å². The zero-order valence-corrected chi connectivity index (χ0v) is 14.3. The van der Waals surface area contributed by atoms with Gasteiger partial charge in [0.05, 0.1) is 0 Å². The Labute approximate surface area is 152 Å². The zero-order valence-electron chi connectivity index (χ0n) is 14.3. The Hall–Kier alpha value is -3.40. The van der Waals surface area contributed by atoms with E-state index < -0.39 is 0 Å². The quantitative estimate of drug-likeness (QED) is 0.653. The monoisotopic (exact) mass is 341 g/mol. The van der Waals surface area contributed by atoms with Gasteiger partial charge in [-0.3, -0.25) is 9.78 Å². The Morgan fingerprint density at radius 2 is 2.12 bits per heavy atom. The van der Waals surface area contributed by atoms with Crippen LogP contribution in [0.1, 0.15) is 27.9 Å². The number of benzene rings is 1. The molecule has 0 aliphatic heterocycles. The van der Waals surface area contributed by atoms with E-state index in [1.807, 2.05) is 61.1 Å². The minimum Gasteiger partial charge on any atom is -0.367 e. The molecule has 2 aromatic heterocycles. The Morgan fingerprint density at radius 3 is 2.96 bits per heavy atom. The van der Waals surface area contributed by atoms with Crippen molar-refractivity contribution in [1.29, 1.82) is 0 Å². The molecule has 3 aromatic rings. The van der Waals surface area contributed by atoms with E-state index in [0.29, 0.717) is 6.42 Å². The predicted molar refractivity (Wildman–Crippen MR) is 105 cm³/mol. The summed E-state index contributed by atoms with van der Waals surface area (Å²) in [5.74, 6) is 0.235. The van der Waals surface area contributed by atoms with E-state index in [1.165, 1.54) is 0 Å². The van der Waals surface area contributed by atoms with Crippen LogP contribution < -0.4 is 5.32 Å². The molecule has 0 spiro atoms. The number of fused-ring (bicyclic) bond motifs is 1. The zero-order chi connectivity index (χ0) is 17.9. The van der Waals surface area contributed by atoms with Gasteiger partial charge in [0, 0.05) is 53.7 Å². The maximum atomic E-state index is 11.7. The molecule has 1 aliphatic carbocycles. The number of nitrogens with zero attached hydrogens (tertiary/aromatic N) is 1. The summed E-state index contributed by atoms with van der Waals surface area (Å²) in [4.78, 5) is 19.0. The van der Waals surface area contributed by atoms with Crippen molar-refractivity contribution >= 4 is 17.5 Å². The minimum atomic E-state index is 0.235. The summed E-state index contributed by atoms with van der Waals surface area (Å²) in [6.45, 7) is 4.07. The number of allylic oxidation sites excluding steroid dienone is 1. The largest absolute Gasteiger partial charge is 0.367 e. The van der Waals surface area contributed by atoms with E-state index in [1.54, 1.807) is 6.20 Å². The lowest BCUT2D eigenvalue weighted by atomic mass is 10.0.